The van der Waals surface area contributed by atoms with Gasteiger partial charge in [0.15, 0.2) is 5.54 Å². The summed E-state index contributed by atoms with van der Waals surface area (Å²) in [5, 5.41) is 0. The lowest BCUT2D eigenvalue weighted by Gasteiger charge is -2.45. The van der Waals surface area contributed by atoms with E-state index in [1.54, 1.807) is 60.7 Å². The minimum Gasteiger partial charge on any atom is -0.491 e. The lowest BCUT2D eigenvalue weighted by atomic mass is 9.78. The minimum absolute atomic E-state index is 0.0484. The summed E-state index contributed by atoms with van der Waals surface area (Å²) >= 11 is 0. The Bertz CT molecular complexity index is 1520. The van der Waals surface area contributed by atoms with Gasteiger partial charge in [-0.2, -0.15) is 0 Å². The number of nitrogens with zero attached hydrogens (tertiary/aromatic N) is 3. The number of halogens is 1. The molecule has 1 aliphatic heterocycles. The third kappa shape index (κ3) is 4.45. The van der Waals surface area contributed by atoms with Gasteiger partial charge in [0.25, 0.3) is 5.91 Å². The zero-order valence-electron chi connectivity index (χ0n) is 21.9. The maximum absolute atomic E-state index is 15.1. The Morgan fingerprint density at radius 1 is 1.00 bits per heavy atom. The summed E-state index contributed by atoms with van der Waals surface area (Å²) < 4.78 is 25.6. The molecule has 40 heavy (non-hydrogen) atoms. The predicted molar refractivity (Wildman–Crippen MR) is 147 cm³/mol. The van der Waals surface area contributed by atoms with Crippen LogP contribution < -0.4 is 14.5 Å². The Labute approximate surface area is 230 Å². The SMILES string of the molecule is COC(=O)c1ccncc1N(C)C(=O)C(c1ccccc1)(c1ccccc1)N1C(=O)CCOc2ccc(F)cc21. The van der Waals surface area contributed by atoms with E-state index in [1.807, 2.05) is 0 Å². The maximum Gasteiger partial charge on any atom is 0.340 e. The molecule has 3 aromatic carbocycles. The number of rotatable bonds is 6. The van der Waals surface area contributed by atoms with Gasteiger partial charge in [0.2, 0.25) is 5.91 Å². The number of carbonyl (C=O) groups excluding carboxylic acids is 3. The van der Waals surface area contributed by atoms with Gasteiger partial charge in [0, 0.05) is 19.3 Å². The summed E-state index contributed by atoms with van der Waals surface area (Å²) in [6.45, 7) is 0.0484. The summed E-state index contributed by atoms with van der Waals surface area (Å²) in [4.78, 5) is 48.5. The van der Waals surface area contributed by atoms with Gasteiger partial charge < -0.3 is 14.4 Å². The molecule has 4 aromatic rings. The van der Waals surface area contributed by atoms with Gasteiger partial charge in [0.1, 0.15) is 11.6 Å². The lowest BCUT2D eigenvalue weighted by Crippen LogP contribution is -2.60. The topological polar surface area (TPSA) is 89.0 Å². The number of methoxy groups -OCH3 is 1. The number of ether oxygens (including phenoxy) is 2. The summed E-state index contributed by atoms with van der Waals surface area (Å²) in [7, 11) is 2.74. The third-order valence-corrected chi connectivity index (χ3v) is 6.88. The first-order chi connectivity index (χ1) is 19.4. The highest BCUT2D eigenvalue weighted by atomic mass is 19.1. The zero-order chi connectivity index (χ0) is 28.3. The number of pyridine rings is 1. The van der Waals surface area contributed by atoms with Crippen molar-refractivity contribution in [3.8, 4) is 5.75 Å². The van der Waals surface area contributed by atoms with Gasteiger partial charge in [-0.3, -0.25) is 19.5 Å². The van der Waals surface area contributed by atoms with Gasteiger partial charge in [0.05, 0.1) is 43.3 Å². The van der Waals surface area contributed by atoms with Crippen LogP contribution in [0.25, 0.3) is 0 Å². The molecule has 8 nitrogen and oxygen atoms in total. The van der Waals surface area contributed by atoms with Crippen molar-refractivity contribution >= 4 is 29.2 Å². The van der Waals surface area contributed by atoms with Crippen LogP contribution in [0.2, 0.25) is 0 Å². The van der Waals surface area contributed by atoms with E-state index in [9.17, 15) is 14.0 Å². The quantitative estimate of drug-likeness (QED) is 0.329. The molecule has 2 heterocycles. The molecule has 0 atom stereocenters. The maximum atomic E-state index is 15.1. The van der Waals surface area contributed by atoms with Crippen molar-refractivity contribution in [2.24, 2.45) is 0 Å². The largest absolute Gasteiger partial charge is 0.491 e. The molecule has 0 spiro atoms. The minimum atomic E-state index is -1.84. The van der Waals surface area contributed by atoms with Crippen LogP contribution in [-0.2, 0) is 19.9 Å². The van der Waals surface area contributed by atoms with E-state index in [2.05, 4.69) is 4.98 Å². The summed E-state index contributed by atoms with van der Waals surface area (Å²) in [6.07, 6.45) is 2.74. The molecular weight excluding hydrogens is 513 g/mol. The molecular formula is C31H26FN3O5. The Morgan fingerprint density at radius 2 is 1.65 bits per heavy atom. The number of esters is 1. The van der Waals surface area contributed by atoms with Crippen LogP contribution >= 0.6 is 0 Å². The van der Waals surface area contributed by atoms with Gasteiger partial charge in [-0.15, -0.1) is 0 Å². The standard InChI is InChI=1S/C31H26FN3O5/c1-34(26-20-33-17-15-24(26)29(37)39-2)30(38)31(21-9-5-3-6-10-21,22-11-7-4-8-12-22)35-25-19-23(32)13-14-27(25)40-18-16-28(35)36/h3-15,17,19-20H,16,18H2,1-2H3. The van der Waals surface area contributed by atoms with Crippen molar-refractivity contribution in [2.45, 2.75) is 12.0 Å². The lowest BCUT2D eigenvalue weighted by molar-refractivity contribution is -0.127. The Hall–Kier alpha value is -5.05. The van der Waals surface area contributed by atoms with Crippen molar-refractivity contribution in [1.82, 2.24) is 4.98 Å². The summed E-state index contributed by atoms with van der Waals surface area (Å²) in [6, 6.07) is 22.9. The second-order valence-corrected chi connectivity index (χ2v) is 9.13. The molecule has 5 rings (SSSR count). The fraction of sp³-hybridized carbons (Fsp3) is 0.161. The first-order valence-electron chi connectivity index (χ1n) is 12.6. The molecule has 1 aliphatic rings. The molecule has 202 valence electrons. The fourth-order valence-corrected chi connectivity index (χ4v) is 5.06. The van der Waals surface area contributed by atoms with Crippen molar-refractivity contribution in [2.75, 3.05) is 30.6 Å². The number of amides is 2. The second kappa shape index (κ2) is 11.0. The first kappa shape index (κ1) is 26.6. The highest BCUT2D eigenvalue weighted by Gasteiger charge is 2.53. The molecule has 0 aliphatic carbocycles. The molecule has 0 saturated carbocycles. The molecule has 9 heteroatoms. The smallest absolute Gasteiger partial charge is 0.340 e. The normalized spacial score (nSPS) is 13.1. The Balaban J connectivity index is 1.86. The van der Waals surface area contributed by atoms with Crippen molar-refractivity contribution < 1.29 is 28.2 Å². The molecule has 0 saturated heterocycles. The number of carbonyl (C=O) groups is 3. The molecule has 0 fully saturated rings. The fourth-order valence-electron chi connectivity index (χ4n) is 5.06. The summed E-state index contributed by atoms with van der Waals surface area (Å²) in [5.74, 6) is -2.03. The number of anilines is 2. The van der Waals surface area contributed by atoms with E-state index in [0.29, 0.717) is 11.1 Å². The number of benzene rings is 3. The number of aromatic nitrogens is 1. The van der Waals surface area contributed by atoms with Gasteiger partial charge >= 0.3 is 5.97 Å². The van der Waals surface area contributed by atoms with Crippen molar-refractivity contribution in [3.05, 3.63) is 120 Å². The third-order valence-electron chi connectivity index (χ3n) is 6.88. The number of fused-ring (bicyclic) bond motifs is 1. The van der Waals surface area contributed by atoms with Crippen LogP contribution in [0, 0.1) is 5.82 Å². The van der Waals surface area contributed by atoms with Crippen LogP contribution in [0.5, 0.6) is 5.75 Å². The summed E-state index contributed by atoms with van der Waals surface area (Å²) in [5.41, 5.74) is -0.544. The first-order valence-corrected chi connectivity index (χ1v) is 12.6. The molecule has 2 amide bonds. The van der Waals surface area contributed by atoms with Crippen LogP contribution in [0.3, 0.4) is 0 Å². The van der Waals surface area contributed by atoms with Gasteiger partial charge in [-0.05, 0) is 29.3 Å². The second-order valence-electron chi connectivity index (χ2n) is 9.13. The van der Waals surface area contributed by atoms with Crippen LogP contribution in [0.1, 0.15) is 27.9 Å². The predicted octanol–water partition coefficient (Wildman–Crippen LogP) is 4.73. The van der Waals surface area contributed by atoms with Crippen LogP contribution in [0.4, 0.5) is 15.8 Å². The van der Waals surface area contributed by atoms with Crippen LogP contribution in [-0.4, -0.2) is 43.5 Å². The molecule has 0 bridgehead atoms. The van der Waals surface area contributed by atoms with Gasteiger partial charge in [-0.25, -0.2) is 9.18 Å². The number of hydrogen-bond acceptors (Lipinski definition) is 6. The number of hydrogen-bond donors (Lipinski definition) is 0. The molecule has 0 N–H and O–H groups in total. The van der Waals surface area contributed by atoms with Crippen molar-refractivity contribution in [1.29, 1.82) is 0 Å². The van der Waals surface area contributed by atoms with Gasteiger partial charge in [-0.1, -0.05) is 60.7 Å². The van der Waals surface area contributed by atoms with E-state index >= 15 is 4.79 Å². The Kier molecular flexibility index (Phi) is 7.29. The number of likely N-dealkylation sites (N-methyl/N-ethyl adjacent to an activating group) is 1. The Morgan fingerprint density at radius 3 is 2.27 bits per heavy atom. The molecule has 0 unspecified atom stereocenters. The average molecular weight is 540 g/mol. The van der Waals surface area contributed by atoms with Crippen molar-refractivity contribution in [3.63, 3.8) is 0 Å². The van der Waals surface area contributed by atoms with E-state index < -0.39 is 29.1 Å². The monoisotopic (exact) mass is 539 g/mol. The molecule has 0 radical (unpaired) electrons. The highest BCUT2D eigenvalue weighted by Crippen LogP contribution is 2.46. The van der Waals surface area contributed by atoms with E-state index in [4.69, 9.17) is 9.47 Å². The average Bonchev–Trinajstić information content (AvgIpc) is 3.16. The van der Waals surface area contributed by atoms with E-state index in [1.165, 1.54) is 60.6 Å². The van der Waals surface area contributed by atoms with E-state index in [0.717, 1.165) is 0 Å². The zero-order valence-corrected chi connectivity index (χ0v) is 21.9. The molecule has 1 aromatic heterocycles. The van der Waals surface area contributed by atoms with E-state index in [-0.39, 0.29) is 35.7 Å². The van der Waals surface area contributed by atoms with Crippen LogP contribution in [0.15, 0.2) is 97.3 Å². The highest BCUT2D eigenvalue weighted by molar-refractivity contribution is 6.14.